The third-order valence-electron chi connectivity index (χ3n) is 3.43. The van der Waals surface area contributed by atoms with Crippen molar-refractivity contribution < 1.29 is 4.74 Å². The SMILES string of the molecule is CC(C)C(C)c1cc2c(cn1)N(C)CCO2. The first kappa shape index (κ1) is 11.2. The molecule has 2 heterocycles. The summed E-state index contributed by atoms with van der Waals surface area (Å²) in [6, 6.07) is 2.09. The highest BCUT2D eigenvalue weighted by Gasteiger charge is 2.18. The maximum atomic E-state index is 5.68. The summed E-state index contributed by atoms with van der Waals surface area (Å²) < 4.78 is 5.68. The largest absolute Gasteiger partial charge is 0.489 e. The van der Waals surface area contributed by atoms with Crippen LogP contribution in [0.3, 0.4) is 0 Å². The Morgan fingerprint density at radius 3 is 2.81 bits per heavy atom. The molecule has 0 spiro atoms. The molecular weight excluding hydrogens is 200 g/mol. The molecule has 0 N–H and O–H groups in total. The summed E-state index contributed by atoms with van der Waals surface area (Å²) in [6.07, 6.45) is 1.93. The molecular formula is C13H20N2O. The summed E-state index contributed by atoms with van der Waals surface area (Å²) in [4.78, 5) is 6.73. The summed E-state index contributed by atoms with van der Waals surface area (Å²) >= 11 is 0. The molecule has 1 aromatic heterocycles. The van der Waals surface area contributed by atoms with Crippen LogP contribution in [0.5, 0.6) is 5.75 Å². The van der Waals surface area contributed by atoms with Gasteiger partial charge in [0.15, 0.2) is 0 Å². The van der Waals surface area contributed by atoms with Crippen molar-refractivity contribution in [3.8, 4) is 5.75 Å². The van der Waals surface area contributed by atoms with Crippen molar-refractivity contribution in [1.29, 1.82) is 0 Å². The van der Waals surface area contributed by atoms with Crippen molar-refractivity contribution in [2.45, 2.75) is 26.7 Å². The lowest BCUT2D eigenvalue weighted by atomic mass is 9.94. The minimum Gasteiger partial charge on any atom is -0.489 e. The van der Waals surface area contributed by atoms with E-state index in [0.717, 1.165) is 30.3 Å². The average molecular weight is 220 g/mol. The van der Waals surface area contributed by atoms with Crippen LogP contribution in [0.25, 0.3) is 0 Å². The fourth-order valence-electron chi connectivity index (χ4n) is 1.85. The van der Waals surface area contributed by atoms with Crippen molar-refractivity contribution in [2.24, 2.45) is 5.92 Å². The maximum Gasteiger partial charge on any atom is 0.146 e. The van der Waals surface area contributed by atoms with E-state index in [-0.39, 0.29) is 0 Å². The Bertz CT molecular complexity index is 376. The number of hydrogen-bond donors (Lipinski definition) is 0. The molecule has 88 valence electrons. The highest BCUT2D eigenvalue weighted by molar-refractivity contribution is 5.58. The number of anilines is 1. The summed E-state index contributed by atoms with van der Waals surface area (Å²) in [6.45, 7) is 8.36. The molecule has 2 rings (SSSR count). The summed E-state index contributed by atoms with van der Waals surface area (Å²) in [5, 5.41) is 0. The molecule has 1 atom stereocenters. The Morgan fingerprint density at radius 1 is 1.38 bits per heavy atom. The first-order valence-corrected chi connectivity index (χ1v) is 5.93. The highest BCUT2D eigenvalue weighted by atomic mass is 16.5. The van der Waals surface area contributed by atoms with Crippen LogP contribution >= 0.6 is 0 Å². The van der Waals surface area contributed by atoms with Gasteiger partial charge in [-0.3, -0.25) is 4.98 Å². The van der Waals surface area contributed by atoms with Crippen molar-refractivity contribution in [3.63, 3.8) is 0 Å². The van der Waals surface area contributed by atoms with Gasteiger partial charge in [-0.05, 0) is 5.92 Å². The molecule has 0 aromatic carbocycles. The number of rotatable bonds is 2. The number of ether oxygens (including phenoxy) is 1. The minimum atomic E-state index is 0.473. The van der Waals surface area contributed by atoms with E-state index in [2.05, 4.69) is 43.8 Å². The van der Waals surface area contributed by atoms with Gasteiger partial charge in [0.2, 0.25) is 0 Å². The van der Waals surface area contributed by atoms with Crippen molar-refractivity contribution in [2.75, 3.05) is 25.1 Å². The number of likely N-dealkylation sites (N-methyl/N-ethyl adjacent to an activating group) is 1. The van der Waals surface area contributed by atoms with E-state index in [1.807, 2.05) is 6.20 Å². The molecule has 0 fully saturated rings. The normalized spacial score (nSPS) is 16.9. The second-order valence-corrected chi connectivity index (χ2v) is 4.88. The van der Waals surface area contributed by atoms with Gasteiger partial charge in [-0.2, -0.15) is 0 Å². The van der Waals surface area contributed by atoms with Gasteiger partial charge >= 0.3 is 0 Å². The number of fused-ring (bicyclic) bond motifs is 1. The highest BCUT2D eigenvalue weighted by Crippen LogP contribution is 2.33. The Balaban J connectivity index is 2.32. The summed E-state index contributed by atoms with van der Waals surface area (Å²) in [7, 11) is 2.08. The standard InChI is InChI=1S/C13H20N2O/c1-9(2)10(3)11-7-13-12(8-14-11)15(4)5-6-16-13/h7-10H,5-6H2,1-4H3. The molecule has 3 heteroatoms. The first-order chi connectivity index (χ1) is 7.59. The molecule has 1 aromatic rings. The molecule has 0 aliphatic carbocycles. The van der Waals surface area contributed by atoms with Crippen LogP contribution in [0.4, 0.5) is 5.69 Å². The minimum absolute atomic E-state index is 0.473. The maximum absolute atomic E-state index is 5.68. The van der Waals surface area contributed by atoms with Gasteiger partial charge < -0.3 is 9.64 Å². The van der Waals surface area contributed by atoms with E-state index < -0.39 is 0 Å². The van der Waals surface area contributed by atoms with E-state index >= 15 is 0 Å². The lowest BCUT2D eigenvalue weighted by Gasteiger charge is -2.28. The van der Waals surface area contributed by atoms with Gasteiger partial charge in [0, 0.05) is 24.7 Å². The lowest BCUT2D eigenvalue weighted by molar-refractivity contribution is 0.309. The number of aromatic nitrogens is 1. The molecule has 0 amide bonds. The van der Waals surface area contributed by atoms with Gasteiger partial charge in [-0.1, -0.05) is 20.8 Å². The van der Waals surface area contributed by atoms with Crippen molar-refractivity contribution >= 4 is 5.69 Å². The van der Waals surface area contributed by atoms with Crippen molar-refractivity contribution in [3.05, 3.63) is 18.0 Å². The van der Waals surface area contributed by atoms with Crippen molar-refractivity contribution in [1.82, 2.24) is 4.98 Å². The topological polar surface area (TPSA) is 25.4 Å². The molecule has 3 nitrogen and oxygen atoms in total. The third-order valence-corrected chi connectivity index (χ3v) is 3.43. The fourth-order valence-corrected chi connectivity index (χ4v) is 1.85. The molecule has 0 bridgehead atoms. The quantitative estimate of drug-likeness (QED) is 0.766. The van der Waals surface area contributed by atoms with Gasteiger partial charge in [-0.25, -0.2) is 0 Å². The first-order valence-electron chi connectivity index (χ1n) is 5.93. The van der Waals surface area contributed by atoms with Gasteiger partial charge in [0.25, 0.3) is 0 Å². The molecule has 0 saturated heterocycles. The monoisotopic (exact) mass is 220 g/mol. The van der Waals surface area contributed by atoms with E-state index in [4.69, 9.17) is 4.74 Å². The number of nitrogens with zero attached hydrogens (tertiary/aromatic N) is 2. The van der Waals surface area contributed by atoms with Crippen LogP contribution < -0.4 is 9.64 Å². The fraction of sp³-hybridized carbons (Fsp3) is 0.615. The second kappa shape index (κ2) is 4.32. The molecule has 16 heavy (non-hydrogen) atoms. The zero-order valence-electron chi connectivity index (χ0n) is 10.5. The Labute approximate surface area is 97.4 Å². The number of pyridine rings is 1. The van der Waals surface area contributed by atoms with E-state index in [0.29, 0.717) is 11.8 Å². The Kier molecular flexibility index (Phi) is 3.03. The lowest BCUT2D eigenvalue weighted by Crippen LogP contribution is -2.29. The van der Waals surface area contributed by atoms with E-state index in [1.165, 1.54) is 0 Å². The average Bonchev–Trinajstić information content (AvgIpc) is 2.28. The van der Waals surface area contributed by atoms with Gasteiger partial charge in [0.05, 0.1) is 18.4 Å². The molecule has 1 unspecified atom stereocenters. The summed E-state index contributed by atoms with van der Waals surface area (Å²) in [5.74, 6) is 2.05. The van der Waals surface area contributed by atoms with Crippen LogP contribution in [0.1, 0.15) is 32.4 Å². The van der Waals surface area contributed by atoms with Crippen LogP contribution in [-0.4, -0.2) is 25.2 Å². The Hall–Kier alpha value is -1.25. The van der Waals surface area contributed by atoms with Gasteiger partial charge in [-0.15, -0.1) is 0 Å². The van der Waals surface area contributed by atoms with Crippen LogP contribution in [0, 0.1) is 5.92 Å². The van der Waals surface area contributed by atoms with Crippen LogP contribution in [0.15, 0.2) is 12.3 Å². The van der Waals surface area contributed by atoms with Gasteiger partial charge in [0.1, 0.15) is 12.4 Å². The predicted octanol–water partition coefficient (Wildman–Crippen LogP) is 2.67. The van der Waals surface area contributed by atoms with E-state index in [9.17, 15) is 0 Å². The third kappa shape index (κ3) is 1.99. The molecule has 1 aliphatic heterocycles. The predicted molar refractivity (Wildman–Crippen MR) is 66.3 cm³/mol. The van der Waals surface area contributed by atoms with Crippen LogP contribution in [0.2, 0.25) is 0 Å². The summed E-state index contributed by atoms with van der Waals surface area (Å²) in [5.41, 5.74) is 2.23. The molecule has 1 aliphatic rings. The Morgan fingerprint density at radius 2 is 2.12 bits per heavy atom. The smallest absolute Gasteiger partial charge is 0.146 e. The second-order valence-electron chi connectivity index (χ2n) is 4.88. The number of hydrogen-bond acceptors (Lipinski definition) is 3. The molecule has 0 radical (unpaired) electrons. The molecule has 0 saturated carbocycles. The van der Waals surface area contributed by atoms with Crippen LogP contribution in [-0.2, 0) is 0 Å². The van der Waals surface area contributed by atoms with E-state index in [1.54, 1.807) is 0 Å². The zero-order chi connectivity index (χ0) is 11.7. The zero-order valence-corrected chi connectivity index (χ0v) is 10.5.